The minimum absolute atomic E-state index is 0.823. The molecule has 0 fully saturated rings. The topological polar surface area (TPSA) is 0 Å². The molecule has 0 N–H and O–H groups in total. The standard InChI is InChI=1S/C14H13Cl/c1-10-8-13(14(15)9-11(10)2)12-6-4-3-5-7-12/h3-9H,1-2H3. The van der Waals surface area contributed by atoms with E-state index in [-0.39, 0.29) is 0 Å². The SMILES string of the molecule is Cc1cc(Cl)c(-c2ccccc2)cc1C. The van der Waals surface area contributed by atoms with Crippen LogP contribution in [0.1, 0.15) is 11.1 Å². The van der Waals surface area contributed by atoms with Gasteiger partial charge in [-0.1, -0.05) is 41.9 Å². The van der Waals surface area contributed by atoms with Gasteiger partial charge in [-0.3, -0.25) is 0 Å². The van der Waals surface area contributed by atoms with Gasteiger partial charge in [-0.2, -0.15) is 0 Å². The molecule has 0 saturated heterocycles. The molecule has 2 rings (SSSR count). The van der Waals surface area contributed by atoms with E-state index in [0.717, 1.165) is 10.6 Å². The summed E-state index contributed by atoms with van der Waals surface area (Å²) in [5, 5.41) is 0.823. The molecule has 2 aromatic rings. The molecule has 15 heavy (non-hydrogen) atoms. The molecule has 0 spiro atoms. The van der Waals surface area contributed by atoms with Crippen molar-refractivity contribution in [1.29, 1.82) is 0 Å². The molecule has 0 bridgehead atoms. The van der Waals surface area contributed by atoms with Crippen LogP contribution in [-0.4, -0.2) is 0 Å². The molecule has 0 heterocycles. The number of rotatable bonds is 1. The summed E-state index contributed by atoms with van der Waals surface area (Å²) >= 11 is 6.24. The Morgan fingerprint density at radius 2 is 1.47 bits per heavy atom. The second-order valence-corrected chi connectivity index (χ2v) is 4.19. The fourth-order valence-corrected chi connectivity index (χ4v) is 1.95. The Morgan fingerprint density at radius 1 is 0.867 bits per heavy atom. The number of halogens is 1. The van der Waals surface area contributed by atoms with Gasteiger partial charge in [0, 0.05) is 10.6 Å². The number of hydrogen-bond acceptors (Lipinski definition) is 0. The third kappa shape index (κ3) is 2.05. The highest BCUT2D eigenvalue weighted by atomic mass is 35.5. The van der Waals surface area contributed by atoms with E-state index in [0.29, 0.717) is 0 Å². The predicted octanol–water partition coefficient (Wildman–Crippen LogP) is 4.62. The van der Waals surface area contributed by atoms with Crippen molar-refractivity contribution in [2.24, 2.45) is 0 Å². The Kier molecular flexibility index (Phi) is 2.79. The second kappa shape index (κ2) is 4.08. The molecule has 0 atom stereocenters. The Balaban J connectivity index is 2.59. The molecule has 0 unspecified atom stereocenters. The summed E-state index contributed by atoms with van der Waals surface area (Å²) in [6.07, 6.45) is 0. The van der Waals surface area contributed by atoms with Gasteiger partial charge >= 0.3 is 0 Å². The van der Waals surface area contributed by atoms with Crippen molar-refractivity contribution >= 4 is 11.6 Å². The van der Waals surface area contributed by atoms with Gasteiger partial charge in [0.25, 0.3) is 0 Å². The summed E-state index contributed by atoms with van der Waals surface area (Å²) in [5.41, 5.74) is 4.80. The third-order valence-electron chi connectivity index (χ3n) is 2.67. The monoisotopic (exact) mass is 216 g/mol. The quantitative estimate of drug-likeness (QED) is 0.652. The molecule has 0 aromatic heterocycles. The van der Waals surface area contributed by atoms with E-state index in [1.54, 1.807) is 0 Å². The van der Waals surface area contributed by atoms with Crippen LogP contribution >= 0.6 is 11.6 Å². The van der Waals surface area contributed by atoms with Crippen LogP contribution in [0.4, 0.5) is 0 Å². The van der Waals surface area contributed by atoms with Gasteiger partial charge in [0.15, 0.2) is 0 Å². The average Bonchev–Trinajstić information content (AvgIpc) is 2.25. The first-order valence-corrected chi connectivity index (χ1v) is 5.38. The molecule has 0 nitrogen and oxygen atoms in total. The van der Waals surface area contributed by atoms with Crippen LogP contribution < -0.4 is 0 Å². The van der Waals surface area contributed by atoms with Crippen LogP contribution in [0.25, 0.3) is 11.1 Å². The van der Waals surface area contributed by atoms with Crippen molar-refractivity contribution in [3.63, 3.8) is 0 Å². The molecule has 0 aliphatic heterocycles. The van der Waals surface area contributed by atoms with Crippen molar-refractivity contribution in [3.05, 3.63) is 58.6 Å². The predicted molar refractivity (Wildman–Crippen MR) is 66.4 cm³/mol. The molecule has 0 amide bonds. The van der Waals surface area contributed by atoms with Crippen molar-refractivity contribution in [2.75, 3.05) is 0 Å². The van der Waals surface area contributed by atoms with Gasteiger partial charge in [0.2, 0.25) is 0 Å². The molecule has 1 heteroatoms. The van der Waals surface area contributed by atoms with E-state index < -0.39 is 0 Å². The summed E-state index contributed by atoms with van der Waals surface area (Å²) in [4.78, 5) is 0. The summed E-state index contributed by atoms with van der Waals surface area (Å²) in [6, 6.07) is 14.4. The minimum atomic E-state index is 0.823. The Labute approximate surface area is 95.5 Å². The van der Waals surface area contributed by atoms with Gasteiger partial charge in [-0.25, -0.2) is 0 Å². The number of benzene rings is 2. The van der Waals surface area contributed by atoms with E-state index in [2.05, 4.69) is 32.0 Å². The molecule has 0 radical (unpaired) electrons. The molecule has 0 aliphatic carbocycles. The van der Waals surface area contributed by atoms with Gasteiger partial charge in [0.1, 0.15) is 0 Å². The molecular formula is C14H13Cl. The Bertz CT molecular complexity index is 472. The zero-order chi connectivity index (χ0) is 10.8. The molecular weight excluding hydrogens is 204 g/mol. The first kappa shape index (κ1) is 10.3. The van der Waals surface area contributed by atoms with Gasteiger partial charge in [-0.15, -0.1) is 0 Å². The lowest BCUT2D eigenvalue weighted by Crippen LogP contribution is -1.85. The second-order valence-electron chi connectivity index (χ2n) is 3.78. The van der Waals surface area contributed by atoms with Crippen LogP contribution in [0.5, 0.6) is 0 Å². The lowest BCUT2D eigenvalue weighted by molar-refractivity contribution is 1.34. The fraction of sp³-hybridized carbons (Fsp3) is 0.143. The summed E-state index contributed by atoms with van der Waals surface area (Å²) in [5.74, 6) is 0. The van der Waals surface area contributed by atoms with Crippen molar-refractivity contribution in [3.8, 4) is 11.1 Å². The van der Waals surface area contributed by atoms with Crippen LogP contribution in [0.3, 0.4) is 0 Å². The van der Waals surface area contributed by atoms with Gasteiger partial charge in [0.05, 0.1) is 0 Å². The van der Waals surface area contributed by atoms with Crippen molar-refractivity contribution in [1.82, 2.24) is 0 Å². The maximum atomic E-state index is 6.24. The fourth-order valence-electron chi connectivity index (χ4n) is 1.62. The van der Waals surface area contributed by atoms with E-state index in [1.807, 2.05) is 24.3 Å². The van der Waals surface area contributed by atoms with E-state index in [9.17, 15) is 0 Å². The highest BCUT2D eigenvalue weighted by Gasteiger charge is 2.04. The summed E-state index contributed by atoms with van der Waals surface area (Å²) < 4.78 is 0. The largest absolute Gasteiger partial charge is 0.0837 e. The van der Waals surface area contributed by atoms with Crippen LogP contribution in [0.2, 0.25) is 5.02 Å². The zero-order valence-corrected chi connectivity index (χ0v) is 9.68. The van der Waals surface area contributed by atoms with E-state index >= 15 is 0 Å². The third-order valence-corrected chi connectivity index (χ3v) is 2.98. The lowest BCUT2D eigenvalue weighted by atomic mass is 10.0. The molecule has 0 aliphatic rings. The molecule has 76 valence electrons. The van der Waals surface area contributed by atoms with E-state index in [4.69, 9.17) is 11.6 Å². The van der Waals surface area contributed by atoms with E-state index in [1.165, 1.54) is 16.7 Å². The van der Waals surface area contributed by atoms with Crippen LogP contribution in [0.15, 0.2) is 42.5 Å². The van der Waals surface area contributed by atoms with Crippen molar-refractivity contribution in [2.45, 2.75) is 13.8 Å². The Morgan fingerprint density at radius 3 is 2.13 bits per heavy atom. The number of hydrogen-bond donors (Lipinski definition) is 0. The zero-order valence-electron chi connectivity index (χ0n) is 8.92. The molecule has 0 saturated carbocycles. The van der Waals surface area contributed by atoms with Crippen LogP contribution in [-0.2, 0) is 0 Å². The highest BCUT2D eigenvalue weighted by Crippen LogP contribution is 2.30. The molecule has 2 aromatic carbocycles. The number of aryl methyl sites for hydroxylation is 2. The average molecular weight is 217 g/mol. The maximum Gasteiger partial charge on any atom is 0.0487 e. The summed E-state index contributed by atoms with van der Waals surface area (Å²) in [7, 11) is 0. The van der Waals surface area contributed by atoms with Gasteiger partial charge < -0.3 is 0 Å². The lowest BCUT2D eigenvalue weighted by Gasteiger charge is -2.08. The first-order chi connectivity index (χ1) is 7.18. The normalized spacial score (nSPS) is 10.3. The van der Waals surface area contributed by atoms with Gasteiger partial charge in [-0.05, 0) is 42.7 Å². The van der Waals surface area contributed by atoms with Crippen LogP contribution in [0, 0.1) is 13.8 Å². The Hall–Kier alpha value is -1.27. The minimum Gasteiger partial charge on any atom is -0.0837 e. The highest BCUT2D eigenvalue weighted by molar-refractivity contribution is 6.33. The maximum absolute atomic E-state index is 6.24. The first-order valence-electron chi connectivity index (χ1n) is 5.00. The summed E-state index contributed by atoms with van der Waals surface area (Å²) in [6.45, 7) is 4.19. The smallest absolute Gasteiger partial charge is 0.0487 e. The van der Waals surface area contributed by atoms with Crippen molar-refractivity contribution < 1.29 is 0 Å².